The third-order valence-electron chi connectivity index (χ3n) is 2.14. The van der Waals surface area contributed by atoms with E-state index in [-0.39, 0.29) is 5.91 Å². The summed E-state index contributed by atoms with van der Waals surface area (Å²) in [6, 6.07) is 3.76. The maximum atomic E-state index is 10.9. The molecule has 0 atom stereocenters. The summed E-state index contributed by atoms with van der Waals surface area (Å²) < 4.78 is 4.96. The molecule has 5 nitrogen and oxygen atoms in total. The zero-order valence-electron chi connectivity index (χ0n) is 9.62. The molecule has 1 aromatic heterocycles. The lowest BCUT2D eigenvalue weighted by Crippen LogP contribution is -2.24. The number of ether oxygens (including phenoxy) is 1. The lowest BCUT2D eigenvalue weighted by atomic mass is 10.3. The molecule has 0 saturated carbocycles. The molecule has 2 N–H and O–H groups in total. The van der Waals surface area contributed by atoms with Crippen molar-refractivity contribution < 1.29 is 9.53 Å². The summed E-state index contributed by atoms with van der Waals surface area (Å²) in [7, 11) is 3.22. The Kier molecular flexibility index (Phi) is 5.28. The average molecular weight is 223 g/mol. The smallest absolute Gasteiger partial charge is 0.221 e. The van der Waals surface area contributed by atoms with Gasteiger partial charge >= 0.3 is 0 Å². The zero-order valence-corrected chi connectivity index (χ0v) is 9.62. The van der Waals surface area contributed by atoms with Gasteiger partial charge in [0.2, 0.25) is 11.8 Å². The van der Waals surface area contributed by atoms with Gasteiger partial charge in [-0.1, -0.05) is 6.07 Å². The Morgan fingerprint density at radius 2 is 2.31 bits per heavy atom. The van der Waals surface area contributed by atoms with Gasteiger partial charge in [-0.05, 0) is 5.56 Å². The van der Waals surface area contributed by atoms with Gasteiger partial charge in [0.05, 0.1) is 7.11 Å². The van der Waals surface area contributed by atoms with Crippen molar-refractivity contribution in [3.05, 3.63) is 23.9 Å². The summed E-state index contributed by atoms with van der Waals surface area (Å²) >= 11 is 0. The number of nitrogens with one attached hydrogen (secondary N) is 2. The van der Waals surface area contributed by atoms with Crippen LogP contribution >= 0.6 is 0 Å². The van der Waals surface area contributed by atoms with Crippen molar-refractivity contribution in [3.63, 3.8) is 0 Å². The zero-order chi connectivity index (χ0) is 11.8. The SMILES string of the molecule is CNC(=O)CCNCc1ccc(OC)nc1. The van der Waals surface area contributed by atoms with Crippen molar-refractivity contribution in [3.8, 4) is 5.88 Å². The Balaban J connectivity index is 2.24. The van der Waals surface area contributed by atoms with E-state index in [0.717, 1.165) is 5.56 Å². The lowest BCUT2D eigenvalue weighted by molar-refractivity contribution is -0.120. The van der Waals surface area contributed by atoms with Gasteiger partial charge in [0.25, 0.3) is 0 Å². The van der Waals surface area contributed by atoms with Crippen molar-refractivity contribution >= 4 is 5.91 Å². The minimum atomic E-state index is 0.0420. The Bertz CT molecular complexity index is 325. The molecule has 0 aliphatic rings. The molecule has 1 amide bonds. The van der Waals surface area contributed by atoms with Crippen molar-refractivity contribution in [2.24, 2.45) is 0 Å². The molecular weight excluding hydrogens is 206 g/mol. The van der Waals surface area contributed by atoms with E-state index < -0.39 is 0 Å². The van der Waals surface area contributed by atoms with E-state index >= 15 is 0 Å². The van der Waals surface area contributed by atoms with Crippen molar-refractivity contribution in [1.82, 2.24) is 15.6 Å². The van der Waals surface area contributed by atoms with Crippen LogP contribution in [-0.4, -0.2) is 31.6 Å². The van der Waals surface area contributed by atoms with Crippen LogP contribution in [0.3, 0.4) is 0 Å². The van der Waals surface area contributed by atoms with E-state index in [4.69, 9.17) is 4.74 Å². The van der Waals surface area contributed by atoms with Gasteiger partial charge in [-0.25, -0.2) is 4.98 Å². The van der Waals surface area contributed by atoms with Crippen LogP contribution in [0.2, 0.25) is 0 Å². The number of methoxy groups -OCH3 is 1. The van der Waals surface area contributed by atoms with Crippen LogP contribution in [0.4, 0.5) is 0 Å². The molecule has 0 aliphatic carbocycles. The molecule has 0 unspecified atom stereocenters. The average Bonchev–Trinajstić information content (AvgIpc) is 2.35. The number of nitrogens with zero attached hydrogens (tertiary/aromatic N) is 1. The van der Waals surface area contributed by atoms with Gasteiger partial charge in [-0.3, -0.25) is 4.79 Å². The number of hydrogen-bond acceptors (Lipinski definition) is 4. The summed E-state index contributed by atoms with van der Waals surface area (Å²) in [6.07, 6.45) is 2.24. The largest absolute Gasteiger partial charge is 0.481 e. The Labute approximate surface area is 95.2 Å². The number of amides is 1. The second-order valence-electron chi connectivity index (χ2n) is 3.31. The van der Waals surface area contributed by atoms with Crippen LogP contribution < -0.4 is 15.4 Å². The highest BCUT2D eigenvalue weighted by atomic mass is 16.5. The first-order chi connectivity index (χ1) is 7.76. The van der Waals surface area contributed by atoms with E-state index in [1.807, 2.05) is 12.1 Å². The summed E-state index contributed by atoms with van der Waals surface area (Å²) in [5.74, 6) is 0.648. The van der Waals surface area contributed by atoms with Gasteiger partial charge in [0.15, 0.2) is 0 Å². The maximum absolute atomic E-state index is 10.9. The first kappa shape index (κ1) is 12.4. The number of rotatable bonds is 6. The number of aromatic nitrogens is 1. The number of pyridine rings is 1. The minimum Gasteiger partial charge on any atom is -0.481 e. The molecule has 1 rings (SSSR count). The molecule has 88 valence electrons. The van der Waals surface area contributed by atoms with E-state index in [9.17, 15) is 4.79 Å². The molecule has 16 heavy (non-hydrogen) atoms. The molecule has 0 spiro atoms. The van der Waals surface area contributed by atoms with Crippen molar-refractivity contribution in [2.75, 3.05) is 20.7 Å². The lowest BCUT2D eigenvalue weighted by Gasteiger charge is -2.04. The molecule has 0 bridgehead atoms. The molecule has 5 heteroatoms. The van der Waals surface area contributed by atoms with Crippen LogP contribution in [-0.2, 0) is 11.3 Å². The van der Waals surface area contributed by atoms with Crippen LogP contribution in [0.15, 0.2) is 18.3 Å². The predicted octanol–water partition coefficient (Wildman–Crippen LogP) is 0.316. The second kappa shape index (κ2) is 6.79. The first-order valence-electron chi connectivity index (χ1n) is 5.16. The Morgan fingerprint density at radius 3 is 2.88 bits per heavy atom. The van der Waals surface area contributed by atoms with Gasteiger partial charge in [-0.2, -0.15) is 0 Å². The topological polar surface area (TPSA) is 63.2 Å². The van der Waals surface area contributed by atoms with E-state index in [2.05, 4.69) is 15.6 Å². The van der Waals surface area contributed by atoms with E-state index in [1.54, 1.807) is 20.4 Å². The Morgan fingerprint density at radius 1 is 1.50 bits per heavy atom. The molecule has 0 aromatic carbocycles. The van der Waals surface area contributed by atoms with E-state index in [0.29, 0.717) is 25.4 Å². The first-order valence-corrected chi connectivity index (χ1v) is 5.16. The highest BCUT2D eigenvalue weighted by molar-refractivity contribution is 5.75. The number of carbonyl (C=O) groups is 1. The molecule has 0 aliphatic heterocycles. The summed E-state index contributed by atoms with van der Waals surface area (Å²) in [6.45, 7) is 1.36. The molecule has 0 saturated heterocycles. The minimum absolute atomic E-state index is 0.0420. The van der Waals surface area contributed by atoms with Crippen molar-refractivity contribution in [1.29, 1.82) is 0 Å². The highest BCUT2D eigenvalue weighted by Gasteiger charge is 1.98. The van der Waals surface area contributed by atoms with Gasteiger partial charge in [-0.15, -0.1) is 0 Å². The third-order valence-corrected chi connectivity index (χ3v) is 2.14. The molecule has 1 heterocycles. The summed E-state index contributed by atoms with van der Waals surface area (Å²) in [4.78, 5) is 15.0. The van der Waals surface area contributed by atoms with Gasteiger partial charge in [0.1, 0.15) is 0 Å². The number of hydrogen-bond donors (Lipinski definition) is 2. The van der Waals surface area contributed by atoms with Crippen molar-refractivity contribution in [2.45, 2.75) is 13.0 Å². The fourth-order valence-corrected chi connectivity index (χ4v) is 1.20. The standard InChI is InChI=1S/C11H17N3O2/c1-12-10(15)5-6-13-7-9-3-4-11(16-2)14-8-9/h3-4,8,13H,5-7H2,1-2H3,(H,12,15). The van der Waals surface area contributed by atoms with Crippen LogP contribution in [0, 0.1) is 0 Å². The van der Waals surface area contributed by atoms with Crippen LogP contribution in [0.5, 0.6) is 5.88 Å². The maximum Gasteiger partial charge on any atom is 0.221 e. The number of carbonyl (C=O) groups excluding carboxylic acids is 1. The molecular formula is C11H17N3O2. The highest BCUT2D eigenvalue weighted by Crippen LogP contribution is 2.05. The third kappa shape index (κ3) is 4.27. The quantitative estimate of drug-likeness (QED) is 0.682. The van der Waals surface area contributed by atoms with Crippen LogP contribution in [0.1, 0.15) is 12.0 Å². The fraction of sp³-hybridized carbons (Fsp3) is 0.455. The fourth-order valence-electron chi connectivity index (χ4n) is 1.20. The predicted molar refractivity (Wildman–Crippen MR) is 61.2 cm³/mol. The van der Waals surface area contributed by atoms with Crippen LogP contribution in [0.25, 0.3) is 0 Å². The van der Waals surface area contributed by atoms with E-state index in [1.165, 1.54) is 0 Å². The molecule has 0 radical (unpaired) electrons. The Hall–Kier alpha value is -1.62. The summed E-state index contributed by atoms with van der Waals surface area (Å²) in [5, 5.41) is 5.73. The van der Waals surface area contributed by atoms with Gasteiger partial charge < -0.3 is 15.4 Å². The summed E-state index contributed by atoms with van der Waals surface area (Å²) in [5.41, 5.74) is 1.07. The normalized spacial score (nSPS) is 9.88. The second-order valence-corrected chi connectivity index (χ2v) is 3.31. The molecule has 1 aromatic rings. The molecule has 0 fully saturated rings. The van der Waals surface area contributed by atoms with Gasteiger partial charge in [0, 0.05) is 38.8 Å². The monoisotopic (exact) mass is 223 g/mol.